The van der Waals surface area contributed by atoms with E-state index in [1.54, 1.807) is 6.07 Å². The van der Waals surface area contributed by atoms with Crippen LogP contribution in [-0.2, 0) is 4.74 Å². The third-order valence-electron chi connectivity index (χ3n) is 7.18. The van der Waals surface area contributed by atoms with Crippen molar-refractivity contribution in [3.05, 3.63) is 29.6 Å². The number of ether oxygens (including phenoxy) is 1. The highest BCUT2D eigenvalue weighted by Crippen LogP contribution is 2.53. The minimum atomic E-state index is -0.333. The number of hydrogen-bond donors (Lipinski definition) is 1. The Labute approximate surface area is 156 Å². The molecule has 5 atom stereocenters. The van der Waals surface area contributed by atoms with E-state index in [1.165, 1.54) is 19.3 Å². The average Bonchev–Trinajstić information content (AvgIpc) is 2.62. The number of fused-ring (bicyclic) bond motifs is 2. The second-order valence-electron chi connectivity index (χ2n) is 9.15. The van der Waals surface area contributed by atoms with E-state index in [4.69, 9.17) is 4.74 Å². The summed E-state index contributed by atoms with van der Waals surface area (Å²) >= 11 is 0. The van der Waals surface area contributed by atoms with Crippen LogP contribution in [0, 0.1) is 23.6 Å². The predicted octanol–water partition coefficient (Wildman–Crippen LogP) is 4.69. The zero-order valence-electron chi connectivity index (χ0n) is 16.2. The Morgan fingerprint density at radius 1 is 1.15 bits per heavy atom. The molecule has 1 aromatic carbocycles. The van der Waals surface area contributed by atoms with Crippen LogP contribution < -0.4 is 4.90 Å². The second kappa shape index (κ2) is 6.79. The summed E-state index contributed by atoms with van der Waals surface area (Å²) < 4.78 is 21.6. The van der Waals surface area contributed by atoms with Crippen LogP contribution in [0.2, 0.25) is 0 Å². The van der Waals surface area contributed by atoms with Crippen LogP contribution in [0.25, 0.3) is 0 Å². The highest BCUT2D eigenvalue weighted by molar-refractivity contribution is 5.49. The molecular formula is C22H32FNO2. The fourth-order valence-electron chi connectivity index (χ4n) is 5.30. The Hall–Kier alpha value is -1.13. The van der Waals surface area contributed by atoms with Crippen molar-refractivity contribution in [3.8, 4) is 0 Å². The summed E-state index contributed by atoms with van der Waals surface area (Å²) in [7, 11) is 0. The molecule has 2 saturated heterocycles. The molecule has 26 heavy (non-hydrogen) atoms. The SMILES string of the molecule is C[C@H]1C2CC(C[C@@H]1O)C(C)(C)O[C@H]2c1ccc(N2CCCCC2)cc1F. The number of anilines is 1. The van der Waals surface area contributed by atoms with Crippen LogP contribution in [0.5, 0.6) is 0 Å². The Morgan fingerprint density at radius 2 is 1.88 bits per heavy atom. The molecule has 4 rings (SSSR count). The Morgan fingerprint density at radius 3 is 2.58 bits per heavy atom. The van der Waals surface area contributed by atoms with Gasteiger partial charge in [0.1, 0.15) is 5.82 Å². The first kappa shape index (κ1) is 18.2. The Kier molecular flexibility index (Phi) is 4.77. The van der Waals surface area contributed by atoms with E-state index in [-0.39, 0.29) is 35.5 Å². The van der Waals surface area contributed by atoms with E-state index in [0.717, 1.165) is 31.6 Å². The molecule has 1 aromatic rings. The molecule has 3 fully saturated rings. The summed E-state index contributed by atoms with van der Waals surface area (Å²) in [6, 6.07) is 5.66. The van der Waals surface area contributed by atoms with Gasteiger partial charge in [0.2, 0.25) is 0 Å². The number of hydrogen-bond acceptors (Lipinski definition) is 3. The summed E-state index contributed by atoms with van der Waals surface area (Å²) in [6.45, 7) is 8.28. The van der Waals surface area contributed by atoms with Crippen molar-refractivity contribution in [2.24, 2.45) is 17.8 Å². The van der Waals surface area contributed by atoms with Crippen molar-refractivity contribution in [3.63, 3.8) is 0 Å². The summed E-state index contributed by atoms with van der Waals surface area (Å²) in [4.78, 5) is 2.28. The van der Waals surface area contributed by atoms with E-state index in [2.05, 4.69) is 31.7 Å². The lowest BCUT2D eigenvalue weighted by atomic mass is 9.63. The number of aliphatic hydroxyl groups is 1. The lowest BCUT2D eigenvalue weighted by Gasteiger charge is -2.53. The molecule has 2 heterocycles. The highest BCUT2D eigenvalue weighted by Gasteiger charge is 2.51. The van der Waals surface area contributed by atoms with E-state index < -0.39 is 0 Å². The van der Waals surface area contributed by atoms with Crippen LogP contribution in [0.4, 0.5) is 10.1 Å². The molecular weight excluding hydrogens is 329 g/mol. The van der Waals surface area contributed by atoms with Crippen molar-refractivity contribution >= 4 is 5.69 Å². The van der Waals surface area contributed by atoms with Crippen molar-refractivity contribution in [1.29, 1.82) is 0 Å². The van der Waals surface area contributed by atoms with Crippen LogP contribution in [0.3, 0.4) is 0 Å². The highest BCUT2D eigenvalue weighted by atomic mass is 19.1. The molecule has 4 heteroatoms. The molecule has 0 amide bonds. The summed E-state index contributed by atoms with van der Waals surface area (Å²) in [6.07, 6.45) is 4.83. The first-order valence-corrected chi connectivity index (χ1v) is 10.3. The van der Waals surface area contributed by atoms with Gasteiger partial charge in [-0.3, -0.25) is 0 Å². The van der Waals surface area contributed by atoms with Gasteiger partial charge in [0.25, 0.3) is 0 Å². The Balaban J connectivity index is 1.63. The molecule has 0 spiro atoms. The normalized spacial score (nSPS) is 36.8. The summed E-state index contributed by atoms with van der Waals surface area (Å²) in [5, 5.41) is 10.5. The van der Waals surface area contributed by atoms with Gasteiger partial charge in [-0.1, -0.05) is 13.0 Å². The first-order valence-electron chi connectivity index (χ1n) is 10.3. The topological polar surface area (TPSA) is 32.7 Å². The van der Waals surface area contributed by atoms with Gasteiger partial charge in [-0.15, -0.1) is 0 Å². The van der Waals surface area contributed by atoms with Gasteiger partial charge in [0, 0.05) is 24.3 Å². The third kappa shape index (κ3) is 3.16. The van der Waals surface area contributed by atoms with Crippen LogP contribution in [0.1, 0.15) is 64.5 Å². The summed E-state index contributed by atoms with van der Waals surface area (Å²) in [5.41, 5.74) is 1.30. The number of aliphatic hydroxyl groups excluding tert-OH is 1. The zero-order chi connectivity index (χ0) is 18.5. The zero-order valence-corrected chi connectivity index (χ0v) is 16.2. The molecule has 1 aliphatic carbocycles. The molecule has 2 bridgehead atoms. The average molecular weight is 362 g/mol. The first-order chi connectivity index (χ1) is 12.4. The fourth-order valence-corrected chi connectivity index (χ4v) is 5.30. The number of piperidine rings is 1. The fraction of sp³-hybridized carbons (Fsp3) is 0.727. The third-order valence-corrected chi connectivity index (χ3v) is 7.18. The smallest absolute Gasteiger partial charge is 0.131 e. The maximum atomic E-state index is 15.1. The largest absolute Gasteiger partial charge is 0.393 e. The van der Waals surface area contributed by atoms with Gasteiger partial charge in [-0.2, -0.15) is 0 Å². The number of rotatable bonds is 2. The molecule has 3 nitrogen and oxygen atoms in total. The molecule has 1 saturated carbocycles. The quantitative estimate of drug-likeness (QED) is 0.829. The van der Waals surface area contributed by atoms with Crippen molar-refractivity contribution in [2.45, 2.75) is 70.7 Å². The predicted molar refractivity (Wildman–Crippen MR) is 102 cm³/mol. The Bertz CT molecular complexity index is 656. The van der Waals surface area contributed by atoms with Gasteiger partial charge in [0.05, 0.1) is 17.8 Å². The molecule has 2 aliphatic heterocycles. The van der Waals surface area contributed by atoms with Gasteiger partial charge in [-0.05, 0) is 75.8 Å². The minimum Gasteiger partial charge on any atom is -0.393 e. The lowest BCUT2D eigenvalue weighted by Crippen LogP contribution is -2.52. The van der Waals surface area contributed by atoms with Crippen molar-refractivity contribution in [2.75, 3.05) is 18.0 Å². The maximum absolute atomic E-state index is 15.1. The molecule has 0 aromatic heterocycles. The molecule has 1 N–H and O–H groups in total. The van der Waals surface area contributed by atoms with Gasteiger partial charge in [0.15, 0.2) is 0 Å². The minimum absolute atomic E-state index is 0.133. The van der Waals surface area contributed by atoms with Crippen molar-refractivity contribution < 1.29 is 14.2 Å². The maximum Gasteiger partial charge on any atom is 0.131 e. The molecule has 3 aliphatic rings. The summed E-state index contributed by atoms with van der Waals surface area (Å²) in [5.74, 6) is 0.478. The van der Waals surface area contributed by atoms with Crippen LogP contribution in [-0.4, -0.2) is 29.9 Å². The van der Waals surface area contributed by atoms with Crippen LogP contribution in [0.15, 0.2) is 18.2 Å². The second-order valence-corrected chi connectivity index (χ2v) is 9.15. The van der Waals surface area contributed by atoms with Gasteiger partial charge in [-0.25, -0.2) is 4.39 Å². The lowest BCUT2D eigenvalue weighted by molar-refractivity contribution is -0.216. The molecule has 2 unspecified atom stereocenters. The molecule has 0 radical (unpaired) electrons. The van der Waals surface area contributed by atoms with Gasteiger partial charge < -0.3 is 14.7 Å². The van der Waals surface area contributed by atoms with E-state index in [1.807, 2.05) is 6.07 Å². The number of nitrogens with zero attached hydrogens (tertiary/aromatic N) is 1. The van der Waals surface area contributed by atoms with E-state index in [9.17, 15) is 5.11 Å². The molecule has 144 valence electrons. The van der Waals surface area contributed by atoms with Crippen molar-refractivity contribution in [1.82, 2.24) is 0 Å². The van der Waals surface area contributed by atoms with E-state index >= 15 is 4.39 Å². The van der Waals surface area contributed by atoms with Gasteiger partial charge >= 0.3 is 0 Å². The van der Waals surface area contributed by atoms with Crippen LogP contribution >= 0.6 is 0 Å². The number of benzene rings is 1. The number of halogens is 1. The monoisotopic (exact) mass is 361 g/mol. The van der Waals surface area contributed by atoms with E-state index in [0.29, 0.717) is 11.5 Å². The standard InChI is InChI=1S/C22H32FNO2/c1-14-18-11-15(12-20(14)25)22(2,3)26-21(18)17-8-7-16(13-19(17)23)24-9-5-4-6-10-24/h7-8,13-15,18,20-21,25H,4-6,9-12H2,1-3H3/t14-,15?,18?,20-,21-/m0/s1.